The number of amides is 1. The quantitative estimate of drug-likeness (QED) is 0.807. The molecule has 0 aliphatic rings. The fraction of sp³-hybridized carbons (Fsp3) is 0.429. The first-order valence-electron chi connectivity index (χ1n) is 6.52. The van der Waals surface area contributed by atoms with Crippen molar-refractivity contribution in [2.75, 3.05) is 19.1 Å². The third-order valence-electron chi connectivity index (χ3n) is 2.95. The molecule has 1 aromatic carbocycles. The molecule has 1 aromatic heterocycles. The van der Waals surface area contributed by atoms with Crippen molar-refractivity contribution in [2.24, 2.45) is 0 Å². The minimum atomic E-state index is -0.998. The van der Waals surface area contributed by atoms with Gasteiger partial charge in [-0.1, -0.05) is 0 Å². The van der Waals surface area contributed by atoms with Gasteiger partial charge in [0.05, 0.1) is 13.7 Å². The van der Waals surface area contributed by atoms with E-state index in [-0.39, 0.29) is 6.54 Å². The van der Waals surface area contributed by atoms with Crippen molar-refractivity contribution in [1.29, 1.82) is 0 Å². The molecule has 2 aromatic rings. The number of benzene rings is 1. The Morgan fingerprint density at radius 2 is 2.38 bits per heavy atom. The summed E-state index contributed by atoms with van der Waals surface area (Å²) in [6.45, 7) is 0.145. The third-order valence-corrected chi connectivity index (χ3v) is 3.59. The molecular formula is C14H18N2O4S. The molecule has 2 rings (SSSR count). The lowest BCUT2D eigenvalue weighted by Gasteiger charge is -2.09. The van der Waals surface area contributed by atoms with Crippen LogP contribution in [0.4, 0.5) is 0 Å². The maximum atomic E-state index is 11.7. The monoisotopic (exact) mass is 310 g/mol. The van der Waals surface area contributed by atoms with Gasteiger partial charge in [0, 0.05) is 6.07 Å². The second-order valence-electron chi connectivity index (χ2n) is 4.46. The zero-order valence-electron chi connectivity index (χ0n) is 12.0. The Hall–Kier alpha value is -1.73. The molecule has 1 heterocycles. The maximum absolute atomic E-state index is 11.7. The maximum Gasteiger partial charge on any atom is 0.249 e. The average molecular weight is 310 g/mol. The molecule has 0 aliphatic heterocycles. The van der Waals surface area contributed by atoms with E-state index >= 15 is 0 Å². The number of thioether (sulfide) groups is 1. The summed E-state index contributed by atoms with van der Waals surface area (Å²) >= 11 is 1.59. The number of nitrogens with zero attached hydrogens (tertiary/aromatic N) is 1. The predicted octanol–water partition coefficient (Wildman–Crippen LogP) is 1.57. The molecule has 0 spiro atoms. The molecule has 7 heteroatoms. The molecule has 0 radical (unpaired) electrons. The smallest absolute Gasteiger partial charge is 0.249 e. The van der Waals surface area contributed by atoms with Gasteiger partial charge < -0.3 is 19.6 Å². The summed E-state index contributed by atoms with van der Waals surface area (Å²) in [6, 6.07) is 5.30. The van der Waals surface area contributed by atoms with Crippen molar-refractivity contribution in [3.05, 3.63) is 24.1 Å². The molecule has 1 atom stereocenters. The van der Waals surface area contributed by atoms with Crippen molar-refractivity contribution in [2.45, 2.75) is 19.1 Å². The second-order valence-corrected chi connectivity index (χ2v) is 5.44. The van der Waals surface area contributed by atoms with Crippen LogP contribution in [0.1, 0.15) is 12.3 Å². The predicted molar refractivity (Wildman–Crippen MR) is 81.4 cm³/mol. The van der Waals surface area contributed by atoms with Crippen molar-refractivity contribution in [3.8, 4) is 5.75 Å². The van der Waals surface area contributed by atoms with Crippen LogP contribution in [0.15, 0.2) is 22.6 Å². The molecule has 6 nitrogen and oxygen atoms in total. The van der Waals surface area contributed by atoms with Crippen molar-refractivity contribution in [1.82, 2.24) is 10.3 Å². The van der Waals surface area contributed by atoms with Crippen LogP contribution >= 0.6 is 11.8 Å². The van der Waals surface area contributed by atoms with Crippen LogP contribution in [-0.2, 0) is 11.3 Å². The number of nitrogens with one attached hydrogen (secondary N) is 1. The first-order valence-corrected chi connectivity index (χ1v) is 7.91. The highest BCUT2D eigenvalue weighted by molar-refractivity contribution is 7.98. The number of hydrogen-bond donors (Lipinski definition) is 2. The lowest BCUT2D eigenvalue weighted by atomic mass is 10.2. The lowest BCUT2D eigenvalue weighted by molar-refractivity contribution is -0.129. The highest BCUT2D eigenvalue weighted by Crippen LogP contribution is 2.21. The molecule has 114 valence electrons. The number of oxazole rings is 1. The fourth-order valence-electron chi connectivity index (χ4n) is 1.80. The van der Waals surface area contributed by atoms with Gasteiger partial charge in [0.15, 0.2) is 5.58 Å². The largest absolute Gasteiger partial charge is 0.497 e. The minimum Gasteiger partial charge on any atom is -0.497 e. The summed E-state index contributed by atoms with van der Waals surface area (Å²) < 4.78 is 10.6. The molecule has 1 amide bonds. The van der Waals surface area contributed by atoms with E-state index in [1.54, 1.807) is 37.1 Å². The molecule has 0 bridgehead atoms. The van der Waals surface area contributed by atoms with Gasteiger partial charge in [0.1, 0.15) is 17.4 Å². The van der Waals surface area contributed by atoms with Crippen LogP contribution < -0.4 is 10.1 Å². The molecule has 0 saturated carbocycles. The van der Waals surface area contributed by atoms with Crippen LogP contribution in [0.3, 0.4) is 0 Å². The summed E-state index contributed by atoms with van der Waals surface area (Å²) in [4.78, 5) is 15.9. The zero-order chi connectivity index (χ0) is 15.2. The highest BCUT2D eigenvalue weighted by atomic mass is 32.2. The number of ether oxygens (including phenoxy) is 1. The Bertz CT molecular complexity index is 614. The first-order chi connectivity index (χ1) is 10.1. The summed E-state index contributed by atoms with van der Waals surface area (Å²) in [6.07, 6.45) is 1.36. The van der Waals surface area contributed by atoms with E-state index < -0.39 is 12.0 Å². The van der Waals surface area contributed by atoms with E-state index in [1.807, 2.05) is 6.26 Å². The topological polar surface area (TPSA) is 84.6 Å². The number of hydrogen-bond acceptors (Lipinski definition) is 6. The van der Waals surface area contributed by atoms with Crippen LogP contribution in [-0.4, -0.2) is 41.2 Å². The SMILES string of the molecule is COc1ccc2oc(CNC(=O)C(O)CCSC)nc2c1. The minimum absolute atomic E-state index is 0.145. The number of carbonyl (C=O) groups excluding carboxylic acids is 1. The molecular weight excluding hydrogens is 292 g/mol. The number of fused-ring (bicyclic) bond motifs is 1. The van der Waals surface area contributed by atoms with Crippen LogP contribution in [0, 0.1) is 0 Å². The summed E-state index contributed by atoms with van der Waals surface area (Å²) in [5, 5.41) is 12.3. The van der Waals surface area contributed by atoms with E-state index in [0.29, 0.717) is 29.2 Å². The number of aromatic nitrogens is 1. The zero-order valence-corrected chi connectivity index (χ0v) is 12.8. The van der Waals surface area contributed by atoms with Gasteiger partial charge in [-0.05, 0) is 30.6 Å². The second kappa shape index (κ2) is 7.33. The Kier molecular flexibility index (Phi) is 5.46. The molecule has 21 heavy (non-hydrogen) atoms. The van der Waals surface area contributed by atoms with E-state index in [0.717, 1.165) is 5.75 Å². The number of aliphatic hydroxyl groups is 1. The Morgan fingerprint density at radius 3 is 3.10 bits per heavy atom. The van der Waals surface area contributed by atoms with Crippen molar-refractivity contribution >= 4 is 28.8 Å². The molecule has 1 unspecified atom stereocenters. The van der Waals surface area contributed by atoms with Crippen molar-refractivity contribution in [3.63, 3.8) is 0 Å². The van der Waals surface area contributed by atoms with Gasteiger partial charge in [-0.3, -0.25) is 4.79 Å². The molecule has 0 fully saturated rings. The van der Waals surface area contributed by atoms with Gasteiger partial charge in [0.2, 0.25) is 11.8 Å². The van der Waals surface area contributed by atoms with Gasteiger partial charge in [-0.15, -0.1) is 0 Å². The lowest BCUT2D eigenvalue weighted by Crippen LogP contribution is -2.34. The van der Waals surface area contributed by atoms with Crippen molar-refractivity contribution < 1.29 is 19.1 Å². The Morgan fingerprint density at radius 1 is 1.57 bits per heavy atom. The van der Waals surface area contributed by atoms with E-state index in [4.69, 9.17) is 9.15 Å². The van der Waals surface area contributed by atoms with Crippen LogP contribution in [0.25, 0.3) is 11.1 Å². The fourth-order valence-corrected chi connectivity index (χ4v) is 2.26. The highest BCUT2D eigenvalue weighted by Gasteiger charge is 2.15. The molecule has 2 N–H and O–H groups in total. The Labute approximate surface area is 126 Å². The summed E-state index contributed by atoms with van der Waals surface area (Å²) in [7, 11) is 1.58. The summed E-state index contributed by atoms with van der Waals surface area (Å²) in [5.74, 6) is 1.41. The Balaban J connectivity index is 1.95. The van der Waals surface area contributed by atoms with Gasteiger partial charge in [0.25, 0.3) is 0 Å². The molecule has 0 saturated heterocycles. The third kappa shape index (κ3) is 4.12. The van der Waals surface area contributed by atoms with Gasteiger partial charge >= 0.3 is 0 Å². The first kappa shape index (κ1) is 15.7. The normalized spacial score (nSPS) is 12.3. The number of carbonyl (C=O) groups is 1. The van der Waals surface area contributed by atoms with Gasteiger partial charge in [-0.2, -0.15) is 11.8 Å². The van der Waals surface area contributed by atoms with E-state index in [9.17, 15) is 9.90 Å². The molecule has 0 aliphatic carbocycles. The van der Waals surface area contributed by atoms with E-state index in [1.165, 1.54) is 0 Å². The average Bonchev–Trinajstić information content (AvgIpc) is 2.91. The van der Waals surface area contributed by atoms with Gasteiger partial charge in [-0.25, -0.2) is 4.98 Å². The summed E-state index contributed by atoms with van der Waals surface area (Å²) in [5.41, 5.74) is 1.30. The number of methoxy groups -OCH3 is 1. The van der Waals surface area contributed by atoms with Crippen LogP contribution in [0.2, 0.25) is 0 Å². The van der Waals surface area contributed by atoms with E-state index in [2.05, 4.69) is 10.3 Å². The number of rotatable bonds is 7. The number of aliphatic hydroxyl groups excluding tert-OH is 1. The van der Waals surface area contributed by atoms with Crippen LogP contribution in [0.5, 0.6) is 5.75 Å². The standard InChI is InChI=1S/C14H18N2O4S/c1-19-9-3-4-12-10(7-9)16-13(20-12)8-15-14(18)11(17)5-6-21-2/h3-4,7,11,17H,5-6,8H2,1-2H3,(H,15,18).